The highest BCUT2D eigenvalue weighted by Gasteiger charge is 2.02. The summed E-state index contributed by atoms with van der Waals surface area (Å²) in [5.41, 5.74) is 0.926. The van der Waals surface area contributed by atoms with Crippen LogP contribution in [0.4, 0.5) is 17.3 Å². The minimum Gasteiger partial charge on any atom is -0.373 e. The van der Waals surface area contributed by atoms with Gasteiger partial charge in [0, 0.05) is 16.5 Å². The molecule has 88 valence electrons. The quantitative estimate of drug-likeness (QED) is 0.888. The Morgan fingerprint density at radius 2 is 1.94 bits per heavy atom. The molecule has 1 heterocycles. The lowest BCUT2D eigenvalue weighted by molar-refractivity contribution is 1.27. The summed E-state index contributed by atoms with van der Waals surface area (Å²) >= 11 is 9.33. The van der Waals surface area contributed by atoms with Crippen molar-refractivity contribution in [2.24, 2.45) is 0 Å². The van der Waals surface area contributed by atoms with Crippen molar-refractivity contribution in [3.8, 4) is 0 Å². The molecule has 2 rings (SSSR count). The van der Waals surface area contributed by atoms with Crippen LogP contribution < -0.4 is 10.6 Å². The van der Waals surface area contributed by atoms with Gasteiger partial charge in [0.1, 0.15) is 11.6 Å². The third-order valence-electron chi connectivity index (χ3n) is 2.20. The lowest BCUT2D eigenvalue weighted by Crippen LogP contribution is -1.97. The van der Waals surface area contributed by atoms with Crippen LogP contribution in [0.2, 0.25) is 5.02 Å². The van der Waals surface area contributed by atoms with Crippen molar-refractivity contribution in [1.29, 1.82) is 0 Å². The molecule has 0 spiro atoms. The molecule has 3 nitrogen and oxygen atoms in total. The van der Waals surface area contributed by atoms with Crippen molar-refractivity contribution in [1.82, 2.24) is 4.98 Å². The molecule has 2 aromatic rings. The van der Waals surface area contributed by atoms with Crippen molar-refractivity contribution < 1.29 is 0 Å². The zero-order valence-electron chi connectivity index (χ0n) is 9.17. The summed E-state index contributed by atoms with van der Waals surface area (Å²) in [5, 5.41) is 6.90. The van der Waals surface area contributed by atoms with Crippen LogP contribution in [0.3, 0.4) is 0 Å². The molecule has 0 unspecified atom stereocenters. The summed E-state index contributed by atoms with van der Waals surface area (Å²) in [6.45, 7) is 0. The first-order valence-electron chi connectivity index (χ1n) is 5.06. The van der Waals surface area contributed by atoms with Gasteiger partial charge in [-0.05, 0) is 46.3 Å². The van der Waals surface area contributed by atoms with Gasteiger partial charge in [0.2, 0.25) is 0 Å². The van der Waals surface area contributed by atoms with Crippen molar-refractivity contribution in [3.63, 3.8) is 0 Å². The second-order valence-corrected chi connectivity index (χ2v) is 4.70. The van der Waals surface area contributed by atoms with Gasteiger partial charge >= 0.3 is 0 Å². The predicted molar refractivity (Wildman–Crippen MR) is 76.2 cm³/mol. The summed E-state index contributed by atoms with van der Waals surface area (Å²) in [6.07, 6.45) is 0. The second-order valence-electron chi connectivity index (χ2n) is 3.41. The van der Waals surface area contributed by atoms with Crippen LogP contribution in [0.1, 0.15) is 0 Å². The second kappa shape index (κ2) is 5.38. The van der Waals surface area contributed by atoms with E-state index in [9.17, 15) is 0 Å². The van der Waals surface area contributed by atoms with Gasteiger partial charge in [0.25, 0.3) is 0 Å². The number of anilines is 3. The predicted octanol–water partition coefficient (Wildman–Crippen LogP) is 4.28. The van der Waals surface area contributed by atoms with Gasteiger partial charge in [-0.15, -0.1) is 0 Å². The smallest absolute Gasteiger partial charge is 0.132 e. The van der Waals surface area contributed by atoms with E-state index in [1.54, 1.807) is 0 Å². The fraction of sp³-hybridized carbons (Fsp3) is 0.0833. The van der Waals surface area contributed by atoms with Crippen LogP contribution in [0, 0.1) is 0 Å². The molecule has 0 radical (unpaired) electrons. The molecule has 0 aliphatic carbocycles. The van der Waals surface area contributed by atoms with E-state index in [-0.39, 0.29) is 0 Å². The molecule has 0 aliphatic heterocycles. The van der Waals surface area contributed by atoms with Crippen LogP contribution in [-0.2, 0) is 0 Å². The maximum atomic E-state index is 5.88. The first-order chi connectivity index (χ1) is 8.19. The molecule has 5 heteroatoms. The van der Waals surface area contributed by atoms with Crippen LogP contribution >= 0.6 is 27.5 Å². The average Bonchev–Trinajstić information content (AvgIpc) is 2.33. The highest BCUT2D eigenvalue weighted by molar-refractivity contribution is 9.10. The minimum atomic E-state index is 0.694. The molecule has 0 aliphatic rings. The Morgan fingerprint density at radius 1 is 1.18 bits per heavy atom. The van der Waals surface area contributed by atoms with Crippen LogP contribution in [0.5, 0.6) is 0 Å². The number of halogens is 2. The number of pyridine rings is 1. The average molecular weight is 313 g/mol. The number of rotatable bonds is 3. The Bertz CT molecular complexity index is 531. The van der Waals surface area contributed by atoms with Crippen molar-refractivity contribution >= 4 is 44.9 Å². The standard InChI is InChI=1S/C12H11BrClN3/c1-15-11-3-2-4-12(17-11)16-10-6-5-8(14)7-9(10)13/h2-7H,1H3,(H2,15,16,17). The Morgan fingerprint density at radius 3 is 2.65 bits per heavy atom. The van der Waals surface area contributed by atoms with E-state index >= 15 is 0 Å². The number of hydrogen-bond acceptors (Lipinski definition) is 3. The molecular formula is C12H11BrClN3. The number of nitrogens with zero attached hydrogens (tertiary/aromatic N) is 1. The lowest BCUT2D eigenvalue weighted by atomic mass is 10.3. The summed E-state index contributed by atoms with van der Waals surface area (Å²) in [4.78, 5) is 4.37. The van der Waals surface area contributed by atoms with Gasteiger partial charge in [-0.1, -0.05) is 17.7 Å². The molecule has 1 aromatic carbocycles. The fourth-order valence-electron chi connectivity index (χ4n) is 1.37. The third-order valence-corrected chi connectivity index (χ3v) is 3.09. The van der Waals surface area contributed by atoms with E-state index in [4.69, 9.17) is 11.6 Å². The molecule has 2 N–H and O–H groups in total. The zero-order valence-corrected chi connectivity index (χ0v) is 11.5. The maximum Gasteiger partial charge on any atom is 0.132 e. The van der Waals surface area contributed by atoms with Gasteiger partial charge in [-0.25, -0.2) is 4.98 Å². The van der Waals surface area contributed by atoms with Crippen LogP contribution in [0.25, 0.3) is 0 Å². The Labute approximate surface area is 113 Å². The molecular weight excluding hydrogens is 302 g/mol. The summed E-state index contributed by atoms with van der Waals surface area (Å²) in [5.74, 6) is 1.60. The topological polar surface area (TPSA) is 37.0 Å². The molecule has 0 saturated heterocycles. The van der Waals surface area contributed by atoms with E-state index in [1.165, 1.54) is 0 Å². The van der Waals surface area contributed by atoms with E-state index in [2.05, 4.69) is 31.5 Å². The van der Waals surface area contributed by atoms with Crippen molar-refractivity contribution in [3.05, 3.63) is 45.9 Å². The Balaban J connectivity index is 2.25. The van der Waals surface area contributed by atoms with Gasteiger partial charge < -0.3 is 10.6 Å². The highest BCUT2D eigenvalue weighted by Crippen LogP contribution is 2.28. The summed E-state index contributed by atoms with van der Waals surface area (Å²) < 4.78 is 0.904. The molecule has 0 saturated carbocycles. The van der Waals surface area contributed by atoms with Gasteiger partial charge in [0.15, 0.2) is 0 Å². The van der Waals surface area contributed by atoms with Gasteiger partial charge in [-0.2, -0.15) is 0 Å². The van der Waals surface area contributed by atoms with Gasteiger partial charge in [-0.3, -0.25) is 0 Å². The van der Waals surface area contributed by atoms with E-state index in [0.29, 0.717) is 5.02 Å². The van der Waals surface area contributed by atoms with E-state index < -0.39 is 0 Å². The molecule has 0 atom stereocenters. The number of nitrogens with one attached hydrogen (secondary N) is 2. The zero-order chi connectivity index (χ0) is 12.3. The molecule has 0 fully saturated rings. The first kappa shape index (κ1) is 12.2. The molecule has 1 aromatic heterocycles. The molecule has 17 heavy (non-hydrogen) atoms. The largest absolute Gasteiger partial charge is 0.373 e. The molecule has 0 bridgehead atoms. The van der Waals surface area contributed by atoms with E-state index in [1.807, 2.05) is 43.4 Å². The van der Waals surface area contributed by atoms with Crippen molar-refractivity contribution in [2.45, 2.75) is 0 Å². The van der Waals surface area contributed by atoms with Crippen LogP contribution in [-0.4, -0.2) is 12.0 Å². The summed E-state index contributed by atoms with van der Waals surface area (Å²) in [7, 11) is 1.84. The Kier molecular flexibility index (Phi) is 3.86. The number of benzene rings is 1. The highest BCUT2D eigenvalue weighted by atomic mass is 79.9. The van der Waals surface area contributed by atoms with Crippen molar-refractivity contribution in [2.75, 3.05) is 17.7 Å². The minimum absolute atomic E-state index is 0.694. The normalized spacial score (nSPS) is 10.1. The maximum absolute atomic E-state index is 5.88. The van der Waals surface area contributed by atoms with Crippen LogP contribution in [0.15, 0.2) is 40.9 Å². The fourth-order valence-corrected chi connectivity index (χ4v) is 2.15. The third kappa shape index (κ3) is 3.11. The molecule has 0 amide bonds. The first-order valence-corrected chi connectivity index (χ1v) is 6.23. The SMILES string of the molecule is CNc1cccc(Nc2ccc(Cl)cc2Br)n1. The number of hydrogen-bond donors (Lipinski definition) is 2. The monoisotopic (exact) mass is 311 g/mol. The Hall–Kier alpha value is -1.26. The lowest BCUT2D eigenvalue weighted by Gasteiger charge is -2.09. The number of aromatic nitrogens is 1. The summed E-state index contributed by atoms with van der Waals surface area (Å²) in [6, 6.07) is 11.3. The van der Waals surface area contributed by atoms with Gasteiger partial charge in [0.05, 0.1) is 5.69 Å². The van der Waals surface area contributed by atoms with E-state index in [0.717, 1.165) is 21.8 Å².